The number of amides is 2. The van der Waals surface area contributed by atoms with Crippen LogP contribution in [0.5, 0.6) is 0 Å². The molecule has 1 aliphatic heterocycles. The number of amidine groups is 1. The molecule has 0 atom stereocenters. The molecule has 0 aliphatic carbocycles. The van der Waals surface area contributed by atoms with Gasteiger partial charge in [0.2, 0.25) is 0 Å². The van der Waals surface area contributed by atoms with E-state index < -0.39 is 17.6 Å². The summed E-state index contributed by atoms with van der Waals surface area (Å²) in [5.74, 6) is -1.14. The molecule has 34 heavy (non-hydrogen) atoms. The van der Waals surface area contributed by atoms with Crippen LogP contribution >= 0.6 is 0 Å². The molecular weight excluding hydrogens is 436 g/mol. The van der Waals surface area contributed by atoms with Gasteiger partial charge in [0.05, 0.1) is 24.5 Å². The maximum atomic E-state index is 13.9. The fourth-order valence-corrected chi connectivity index (χ4v) is 3.42. The number of nitrogens with one attached hydrogen (secondary N) is 3. The number of halogens is 1. The van der Waals surface area contributed by atoms with Gasteiger partial charge < -0.3 is 20.3 Å². The average Bonchev–Trinajstić information content (AvgIpc) is 2.86. The Morgan fingerprint density at radius 1 is 0.971 bits per heavy atom. The van der Waals surface area contributed by atoms with Crippen molar-refractivity contribution >= 4 is 42.5 Å². The summed E-state index contributed by atoms with van der Waals surface area (Å²) >= 11 is 0. The maximum Gasteiger partial charge on any atom is 0.259 e. The summed E-state index contributed by atoms with van der Waals surface area (Å²) in [6, 6.07) is 13.2. The van der Waals surface area contributed by atoms with Gasteiger partial charge >= 0.3 is 0 Å². The molecular formula is C24H21BFN5O3. The number of anilines is 2. The molecule has 1 aliphatic rings. The summed E-state index contributed by atoms with van der Waals surface area (Å²) < 4.78 is 19.2. The molecule has 8 nitrogen and oxygen atoms in total. The molecule has 3 aromatic rings. The molecule has 2 aromatic carbocycles. The number of hydrogen-bond acceptors (Lipinski definition) is 5. The van der Waals surface area contributed by atoms with E-state index in [1.807, 2.05) is 4.90 Å². The first-order valence-corrected chi connectivity index (χ1v) is 10.6. The van der Waals surface area contributed by atoms with E-state index in [-0.39, 0.29) is 17.1 Å². The van der Waals surface area contributed by atoms with Gasteiger partial charge in [0.15, 0.2) is 0 Å². The topological polar surface area (TPSA) is 107 Å². The fraction of sp³-hybridized carbons (Fsp3) is 0.167. The van der Waals surface area contributed by atoms with E-state index in [0.717, 1.165) is 12.1 Å². The molecule has 1 aromatic heterocycles. The molecule has 3 N–H and O–H groups in total. The Morgan fingerprint density at radius 3 is 2.35 bits per heavy atom. The average molecular weight is 457 g/mol. The second kappa shape index (κ2) is 10.3. The van der Waals surface area contributed by atoms with Crippen LogP contribution in [-0.2, 0) is 4.74 Å². The highest BCUT2D eigenvalue weighted by atomic mass is 19.1. The summed E-state index contributed by atoms with van der Waals surface area (Å²) in [5, 5.41) is 13.6. The maximum absolute atomic E-state index is 13.9. The number of carbonyl (C=O) groups is 2. The van der Waals surface area contributed by atoms with Gasteiger partial charge in [-0.2, -0.15) is 0 Å². The molecule has 10 heteroatoms. The largest absolute Gasteiger partial charge is 0.378 e. The van der Waals surface area contributed by atoms with Crippen LogP contribution in [0.4, 0.5) is 15.9 Å². The van der Waals surface area contributed by atoms with Crippen molar-refractivity contribution in [1.29, 1.82) is 5.41 Å². The molecule has 0 bridgehead atoms. The van der Waals surface area contributed by atoms with Gasteiger partial charge in [-0.15, -0.1) is 0 Å². The molecule has 0 saturated carbocycles. The number of benzene rings is 2. The van der Waals surface area contributed by atoms with Gasteiger partial charge in [0.25, 0.3) is 11.8 Å². The van der Waals surface area contributed by atoms with Crippen LogP contribution in [0.1, 0.15) is 26.3 Å². The van der Waals surface area contributed by atoms with Crippen molar-refractivity contribution in [3.8, 4) is 0 Å². The quantitative estimate of drug-likeness (QED) is 0.309. The Bertz CT molecular complexity index is 1210. The lowest BCUT2D eigenvalue weighted by molar-refractivity contribution is 0.0680. The number of morpholine rings is 1. The lowest BCUT2D eigenvalue weighted by Crippen LogP contribution is -2.40. The van der Waals surface area contributed by atoms with E-state index in [4.69, 9.17) is 18.0 Å². The fourth-order valence-electron chi connectivity index (χ4n) is 3.42. The Labute approximate surface area is 197 Å². The minimum atomic E-state index is -0.638. The SMILES string of the molecule is [B]c1ccc(NC(=O)c2cc(F)ccc2NC(=O)c2ccc(C(=N)N3CCOCC3)cc2)nc1. The summed E-state index contributed by atoms with van der Waals surface area (Å²) in [5.41, 5.74) is 1.52. The molecule has 1 saturated heterocycles. The summed E-state index contributed by atoms with van der Waals surface area (Å²) in [7, 11) is 5.59. The number of hydrogen-bond donors (Lipinski definition) is 3. The number of rotatable bonds is 5. The molecule has 0 spiro atoms. The van der Waals surface area contributed by atoms with Crippen molar-refractivity contribution in [3.63, 3.8) is 0 Å². The highest BCUT2D eigenvalue weighted by Gasteiger charge is 2.18. The number of pyridine rings is 1. The highest BCUT2D eigenvalue weighted by Crippen LogP contribution is 2.20. The van der Waals surface area contributed by atoms with Gasteiger partial charge in [0.1, 0.15) is 25.3 Å². The van der Waals surface area contributed by atoms with Crippen molar-refractivity contribution in [2.45, 2.75) is 0 Å². The van der Waals surface area contributed by atoms with Crippen LogP contribution in [0.25, 0.3) is 0 Å². The molecule has 2 amide bonds. The van der Waals surface area contributed by atoms with E-state index in [2.05, 4.69) is 15.6 Å². The first-order chi connectivity index (χ1) is 16.4. The second-order valence-corrected chi connectivity index (χ2v) is 7.60. The zero-order valence-corrected chi connectivity index (χ0v) is 18.2. The normalized spacial score (nSPS) is 13.3. The number of aromatic nitrogens is 1. The summed E-state index contributed by atoms with van der Waals surface area (Å²) in [6.45, 7) is 2.43. The van der Waals surface area contributed by atoms with Crippen molar-refractivity contribution in [3.05, 3.63) is 83.3 Å². The van der Waals surface area contributed by atoms with E-state index >= 15 is 0 Å². The molecule has 1 fully saturated rings. The van der Waals surface area contributed by atoms with E-state index in [0.29, 0.717) is 48.7 Å². The molecule has 4 rings (SSSR count). The van der Waals surface area contributed by atoms with Gasteiger partial charge in [-0.25, -0.2) is 9.37 Å². The first kappa shape index (κ1) is 23.1. The smallest absolute Gasteiger partial charge is 0.259 e. The van der Waals surface area contributed by atoms with Gasteiger partial charge in [0, 0.05) is 30.4 Å². The zero-order valence-electron chi connectivity index (χ0n) is 18.2. The molecule has 170 valence electrons. The Morgan fingerprint density at radius 2 is 1.68 bits per heavy atom. The summed E-state index contributed by atoms with van der Waals surface area (Å²) in [6.07, 6.45) is 1.38. The van der Waals surface area contributed by atoms with Gasteiger partial charge in [-0.3, -0.25) is 15.0 Å². The van der Waals surface area contributed by atoms with Gasteiger partial charge in [-0.05, 0) is 36.4 Å². The van der Waals surface area contributed by atoms with Crippen molar-refractivity contribution in [2.24, 2.45) is 0 Å². The Kier molecular flexibility index (Phi) is 6.98. The minimum Gasteiger partial charge on any atom is -0.378 e. The zero-order chi connectivity index (χ0) is 24.1. The van der Waals surface area contributed by atoms with Gasteiger partial charge in [-0.1, -0.05) is 23.7 Å². The molecule has 2 radical (unpaired) electrons. The number of ether oxygens (including phenoxy) is 1. The third kappa shape index (κ3) is 5.47. The van der Waals surface area contributed by atoms with Crippen LogP contribution < -0.4 is 16.1 Å². The van der Waals surface area contributed by atoms with Crippen molar-refractivity contribution in [2.75, 3.05) is 36.9 Å². The minimum absolute atomic E-state index is 0.0577. The van der Waals surface area contributed by atoms with E-state index in [9.17, 15) is 14.0 Å². The summed E-state index contributed by atoms with van der Waals surface area (Å²) in [4.78, 5) is 31.4. The van der Waals surface area contributed by atoms with E-state index in [1.54, 1.807) is 30.3 Å². The molecule has 2 heterocycles. The standard InChI is InChI=1S/C24H21BFN5O3/c25-17-5-8-21(28-14-17)30-24(33)19-13-18(26)6-7-20(19)29-23(32)16-3-1-15(2-4-16)22(27)31-9-11-34-12-10-31/h1-8,13-14,27H,9-12H2,(H,29,32)(H,28,30,33). The van der Waals surface area contributed by atoms with Crippen LogP contribution in [0, 0.1) is 11.2 Å². The third-order valence-corrected chi connectivity index (χ3v) is 5.25. The predicted octanol–water partition coefficient (Wildman–Crippen LogP) is 2.18. The Hall–Kier alpha value is -4.05. The number of nitrogens with zero attached hydrogens (tertiary/aromatic N) is 2. The third-order valence-electron chi connectivity index (χ3n) is 5.25. The first-order valence-electron chi connectivity index (χ1n) is 10.6. The van der Waals surface area contributed by atoms with Crippen LogP contribution in [0.15, 0.2) is 60.8 Å². The lowest BCUT2D eigenvalue weighted by Gasteiger charge is -2.29. The van der Waals surface area contributed by atoms with E-state index in [1.165, 1.54) is 18.3 Å². The van der Waals surface area contributed by atoms with Crippen LogP contribution in [0.2, 0.25) is 0 Å². The van der Waals surface area contributed by atoms with Crippen LogP contribution in [-0.4, -0.2) is 61.7 Å². The monoisotopic (exact) mass is 457 g/mol. The van der Waals surface area contributed by atoms with Crippen molar-refractivity contribution in [1.82, 2.24) is 9.88 Å². The van der Waals surface area contributed by atoms with Crippen LogP contribution in [0.3, 0.4) is 0 Å². The number of carbonyl (C=O) groups excluding carboxylic acids is 2. The predicted molar refractivity (Wildman–Crippen MR) is 128 cm³/mol. The molecule has 0 unspecified atom stereocenters. The lowest BCUT2D eigenvalue weighted by atomic mass is 9.99. The second-order valence-electron chi connectivity index (χ2n) is 7.60. The highest BCUT2D eigenvalue weighted by molar-refractivity contribution is 6.32. The Balaban J connectivity index is 1.47. The van der Waals surface area contributed by atoms with Crippen molar-refractivity contribution < 1.29 is 18.7 Å².